The van der Waals surface area contributed by atoms with Gasteiger partial charge < -0.3 is 10.2 Å². The number of sulfonamides is 1. The maximum absolute atomic E-state index is 14.4. The van der Waals surface area contributed by atoms with Crippen molar-refractivity contribution in [3.05, 3.63) is 130 Å². The second-order valence-electron chi connectivity index (χ2n) is 10.3. The van der Waals surface area contributed by atoms with E-state index >= 15 is 0 Å². The zero-order valence-electron chi connectivity index (χ0n) is 24.4. The zero-order chi connectivity index (χ0) is 31.5. The van der Waals surface area contributed by atoms with E-state index in [2.05, 4.69) is 5.32 Å². The molecule has 1 atom stereocenters. The van der Waals surface area contributed by atoms with Crippen molar-refractivity contribution in [2.75, 3.05) is 17.4 Å². The van der Waals surface area contributed by atoms with Gasteiger partial charge in [0.05, 0.1) is 15.6 Å². The molecule has 0 fully saturated rings. The predicted octanol–water partition coefficient (Wildman–Crippen LogP) is 6.75. The summed E-state index contributed by atoms with van der Waals surface area (Å²) in [5.41, 5.74) is 1.70. The second kappa shape index (κ2) is 15.7. The summed E-state index contributed by atoms with van der Waals surface area (Å²) >= 11 is 12.8. The first-order valence-corrected chi connectivity index (χ1v) is 16.6. The van der Waals surface area contributed by atoms with Gasteiger partial charge in [-0.3, -0.25) is 13.9 Å². The molecule has 0 saturated heterocycles. The van der Waals surface area contributed by atoms with Crippen LogP contribution in [0, 0.1) is 0 Å². The molecule has 0 aliphatic carbocycles. The first kappa shape index (κ1) is 33.1. The Balaban J connectivity index is 1.79. The van der Waals surface area contributed by atoms with Gasteiger partial charge in [-0.2, -0.15) is 0 Å². The minimum atomic E-state index is -4.23. The van der Waals surface area contributed by atoms with Gasteiger partial charge in [0, 0.05) is 24.5 Å². The quantitative estimate of drug-likeness (QED) is 0.153. The number of halogens is 2. The highest BCUT2D eigenvalue weighted by Gasteiger charge is 2.35. The number of para-hydroxylation sites is 1. The lowest BCUT2D eigenvalue weighted by Crippen LogP contribution is -2.53. The Morgan fingerprint density at radius 3 is 2.11 bits per heavy atom. The standard InChI is InChI=1S/C34H35Cl2N3O4S/c1-2-3-21-37-34(41)32(23-26-13-6-4-7-14-26)38(24-27-15-12-16-28(35)22-27)33(40)25-39(31-20-11-10-19-30(31)36)44(42,43)29-17-8-5-9-18-29/h4-20,22,32H,2-3,21,23-25H2,1H3,(H,37,41)/t32-/m0/s1. The Morgan fingerprint density at radius 1 is 0.818 bits per heavy atom. The molecule has 0 aliphatic heterocycles. The van der Waals surface area contributed by atoms with Gasteiger partial charge in [-0.25, -0.2) is 8.42 Å². The first-order chi connectivity index (χ1) is 21.2. The third-order valence-corrected chi connectivity index (χ3v) is 9.40. The molecule has 4 aromatic rings. The molecule has 7 nitrogen and oxygen atoms in total. The minimum absolute atomic E-state index is 0.00672. The highest BCUT2D eigenvalue weighted by molar-refractivity contribution is 7.92. The Kier molecular flexibility index (Phi) is 11.8. The summed E-state index contributed by atoms with van der Waals surface area (Å²) in [6.45, 7) is 1.92. The molecule has 1 N–H and O–H groups in total. The highest BCUT2D eigenvalue weighted by atomic mass is 35.5. The normalized spacial score (nSPS) is 11.9. The van der Waals surface area contributed by atoms with Gasteiger partial charge in [-0.05, 0) is 53.9 Å². The van der Waals surface area contributed by atoms with Gasteiger partial charge in [0.1, 0.15) is 12.6 Å². The number of hydrogen-bond donors (Lipinski definition) is 1. The molecule has 4 rings (SSSR count). The maximum atomic E-state index is 14.4. The number of nitrogens with zero attached hydrogens (tertiary/aromatic N) is 2. The summed E-state index contributed by atoms with van der Waals surface area (Å²) in [5, 5.41) is 3.62. The topological polar surface area (TPSA) is 86.8 Å². The molecule has 4 aromatic carbocycles. The smallest absolute Gasteiger partial charge is 0.264 e. The number of hydrogen-bond acceptors (Lipinski definition) is 4. The first-order valence-electron chi connectivity index (χ1n) is 14.4. The average molecular weight is 653 g/mol. The monoisotopic (exact) mass is 651 g/mol. The second-order valence-corrected chi connectivity index (χ2v) is 13.0. The number of nitrogens with one attached hydrogen (secondary N) is 1. The van der Waals surface area contributed by atoms with E-state index in [0.29, 0.717) is 17.1 Å². The van der Waals surface area contributed by atoms with Crippen LogP contribution in [-0.2, 0) is 32.6 Å². The minimum Gasteiger partial charge on any atom is -0.354 e. The lowest BCUT2D eigenvalue weighted by atomic mass is 10.0. The number of rotatable bonds is 14. The van der Waals surface area contributed by atoms with Gasteiger partial charge >= 0.3 is 0 Å². The fourth-order valence-electron chi connectivity index (χ4n) is 4.78. The van der Waals surface area contributed by atoms with E-state index in [4.69, 9.17) is 23.2 Å². The Morgan fingerprint density at radius 2 is 1.45 bits per heavy atom. The third kappa shape index (κ3) is 8.62. The van der Waals surface area contributed by atoms with Crippen LogP contribution in [0.15, 0.2) is 114 Å². The van der Waals surface area contributed by atoms with Crippen molar-refractivity contribution in [2.24, 2.45) is 0 Å². The molecule has 0 heterocycles. The molecule has 10 heteroatoms. The average Bonchev–Trinajstić information content (AvgIpc) is 3.03. The van der Waals surface area contributed by atoms with Crippen molar-refractivity contribution in [1.82, 2.24) is 10.2 Å². The molecule has 0 radical (unpaired) electrons. The molecule has 0 spiro atoms. The number of carbonyl (C=O) groups is 2. The SMILES string of the molecule is CCCCNC(=O)[C@H](Cc1ccccc1)N(Cc1cccc(Cl)c1)C(=O)CN(c1ccccc1Cl)S(=O)(=O)c1ccccc1. The molecular weight excluding hydrogens is 617 g/mol. The van der Waals surface area contributed by atoms with Crippen LogP contribution in [0.1, 0.15) is 30.9 Å². The molecule has 0 aromatic heterocycles. The summed E-state index contributed by atoms with van der Waals surface area (Å²) < 4.78 is 29.0. The summed E-state index contributed by atoms with van der Waals surface area (Å²) in [6.07, 6.45) is 1.89. The highest BCUT2D eigenvalue weighted by Crippen LogP contribution is 2.31. The van der Waals surface area contributed by atoms with Crippen LogP contribution in [0.3, 0.4) is 0 Å². The third-order valence-electron chi connectivity index (χ3n) is 7.07. The van der Waals surface area contributed by atoms with E-state index in [1.165, 1.54) is 17.0 Å². The van der Waals surface area contributed by atoms with Crippen LogP contribution in [0.25, 0.3) is 0 Å². The van der Waals surface area contributed by atoms with Crippen LogP contribution in [0.2, 0.25) is 10.0 Å². The molecule has 0 saturated carbocycles. The number of unbranched alkanes of at least 4 members (excludes halogenated alkanes) is 1. The van der Waals surface area contributed by atoms with Crippen LogP contribution >= 0.6 is 23.2 Å². The Hall–Kier alpha value is -3.85. The van der Waals surface area contributed by atoms with Crippen LogP contribution in [0.4, 0.5) is 5.69 Å². The van der Waals surface area contributed by atoms with E-state index in [-0.39, 0.29) is 34.5 Å². The van der Waals surface area contributed by atoms with Crippen LogP contribution < -0.4 is 9.62 Å². The number of carbonyl (C=O) groups excluding carboxylic acids is 2. The summed E-state index contributed by atoms with van der Waals surface area (Å²) in [5.74, 6) is -0.899. The zero-order valence-corrected chi connectivity index (χ0v) is 26.7. The molecular formula is C34H35Cl2N3O4S. The summed E-state index contributed by atoms with van der Waals surface area (Å²) in [7, 11) is -4.23. The molecule has 0 bridgehead atoms. The van der Waals surface area contributed by atoms with Crippen molar-refractivity contribution < 1.29 is 18.0 Å². The van der Waals surface area contributed by atoms with Crippen molar-refractivity contribution >= 4 is 50.7 Å². The van der Waals surface area contributed by atoms with E-state index in [9.17, 15) is 18.0 Å². The molecule has 2 amide bonds. The molecule has 0 aliphatic rings. The molecule has 0 unspecified atom stereocenters. The summed E-state index contributed by atoms with van der Waals surface area (Å²) in [6, 6.07) is 29.8. The van der Waals surface area contributed by atoms with E-state index in [0.717, 1.165) is 22.7 Å². The van der Waals surface area contributed by atoms with E-state index in [1.807, 2.05) is 43.3 Å². The predicted molar refractivity (Wildman–Crippen MR) is 176 cm³/mol. The number of amides is 2. The van der Waals surface area contributed by atoms with Gasteiger partial charge in [-0.1, -0.05) is 109 Å². The maximum Gasteiger partial charge on any atom is 0.264 e. The van der Waals surface area contributed by atoms with Gasteiger partial charge in [-0.15, -0.1) is 0 Å². The lowest BCUT2D eigenvalue weighted by molar-refractivity contribution is -0.140. The van der Waals surface area contributed by atoms with Gasteiger partial charge in [0.15, 0.2) is 0 Å². The molecule has 230 valence electrons. The lowest BCUT2D eigenvalue weighted by Gasteiger charge is -2.34. The number of benzene rings is 4. The van der Waals surface area contributed by atoms with Crippen molar-refractivity contribution in [1.29, 1.82) is 0 Å². The Bertz CT molecular complexity index is 1650. The van der Waals surface area contributed by atoms with Crippen molar-refractivity contribution in [3.63, 3.8) is 0 Å². The summed E-state index contributed by atoms with van der Waals surface area (Å²) in [4.78, 5) is 29.6. The molecule has 44 heavy (non-hydrogen) atoms. The number of anilines is 1. The fourth-order valence-corrected chi connectivity index (χ4v) is 6.73. The van der Waals surface area contributed by atoms with Gasteiger partial charge in [0.2, 0.25) is 11.8 Å². The van der Waals surface area contributed by atoms with Crippen molar-refractivity contribution in [2.45, 2.75) is 43.7 Å². The fraction of sp³-hybridized carbons (Fsp3) is 0.235. The van der Waals surface area contributed by atoms with Crippen LogP contribution in [-0.4, -0.2) is 44.3 Å². The van der Waals surface area contributed by atoms with Crippen LogP contribution in [0.5, 0.6) is 0 Å². The van der Waals surface area contributed by atoms with E-state index < -0.39 is 28.5 Å². The largest absolute Gasteiger partial charge is 0.354 e. The van der Waals surface area contributed by atoms with Gasteiger partial charge in [0.25, 0.3) is 10.0 Å². The Labute approximate surface area is 269 Å². The van der Waals surface area contributed by atoms with E-state index in [1.54, 1.807) is 60.7 Å². The van der Waals surface area contributed by atoms with Crippen molar-refractivity contribution in [3.8, 4) is 0 Å².